The molecule has 0 bridgehead atoms. The van der Waals surface area contributed by atoms with E-state index >= 15 is 0 Å². The van der Waals surface area contributed by atoms with E-state index in [0.717, 1.165) is 17.1 Å². The van der Waals surface area contributed by atoms with Crippen LogP contribution < -0.4 is 5.56 Å². The Balaban J connectivity index is 1.89. The van der Waals surface area contributed by atoms with Crippen LogP contribution in [0.3, 0.4) is 0 Å². The van der Waals surface area contributed by atoms with Crippen molar-refractivity contribution >= 4 is 11.0 Å². The molecular formula is C20H18N4O. The SMILES string of the molecule is CCc1nc2c(cnn2-c2ccccc2)c(=O)n1Cc1ccccc1. The highest BCUT2D eigenvalue weighted by Crippen LogP contribution is 2.15. The molecule has 0 aliphatic heterocycles. The lowest BCUT2D eigenvalue weighted by Crippen LogP contribution is -2.25. The summed E-state index contributed by atoms with van der Waals surface area (Å²) in [5.41, 5.74) is 2.54. The summed E-state index contributed by atoms with van der Waals surface area (Å²) < 4.78 is 3.47. The van der Waals surface area contributed by atoms with Crippen LogP contribution in [-0.4, -0.2) is 19.3 Å². The van der Waals surface area contributed by atoms with Gasteiger partial charge >= 0.3 is 0 Å². The van der Waals surface area contributed by atoms with E-state index in [1.165, 1.54) is 0 Å². The normalized spacial score (nSPS) is 11.1. The van der Waals surface area contributed by atoms with E-state index in [1.54, 1.807) is 15.4 Å². The molecule has 0 saturated carbocycles. The molecule has 2 aromatic carbocycles. The summed E-state index contributed by atoms with van der Waals surface area (Å²) in [7, 11) is 0. The predicted molar refractivity (Wildman–Crippen MR) is 98.0 cm³/mol. The summed E-state index contributed by atoms with van der Waals surface area (Å²) >= 11 is 0. The average Bonchev–Trinajstić information content (AvgIpc) is 3.09. The van der Waals surface area contributed by atoms with Crippen molar-refractivity contribution in [1.29, 1.82) is 0 Å². The molecular weight excluding hydrogens is 312 g/mol. The van der Waals surface area contributed by atoms with E-state index in [-0.39, 0.29) is 5.56 Å². The highest BCUT2D eigenvalue weighted by atomic mass is 16.1. The van der Waals surface area contributed by atoms with Crippen molar-refractivity contribution in [2.45, 2.75) is 19.9 Å². The smallest absolute Gasteiger partial charge is 0.264 e. The van der Waals surface area contributed by atoms with Gasteiger partial charge in [-0.05, 0) is 17.7 Å². The number of rotatable bonds is 4. The van der Waals surface area contributed by atoms with Crippen LogP contribution in [0, 0.1) is 0 Å². The lowest BCUT2D eigenvalue weighted by molar-refractivity contribution is 0.683. The topological polar surface area (TPSA) is 52.7 Å². The maximum atomic E-state index is 13.0. The zero-order valence-electron chi connectivity index (χ0n) is 14.0. The number of benzene rings is 2. The van der Waals surface area contributed by atoms with Crippen molar-refractivity contribution in [3.8, 4) is 5.69 Å². The summed E-state index contributed by atoms with van der Waals surface area (Å²) in [6.45, 7) is 2.53. The van der Waals surface area contributed by atoms with Crippen LogP contribution in [0.4, 0.5) is 0 Å². The van der Waals surface area contributed by atoms with Crippen LogP contribution in [0.2, 0.25) is 0 Å². The van der Waals surface area contributed by atoms with Gasteiger partial charge in [-0.1, -0.05) is 55.5 Å². The van der Waals surface area contributed by atoms with Gasteiger partial charge in [0.05, 0.1) is 18.4 Å². The Morgan fingerprint density at radius 2 is 1.64 bits per heavy atom. The maximum Gasteiger partial charge on any atom is 0.264 e. The second-order valence-corrected chi connectivity index (χ2v) is 5.89. The zero-order chi connectivity index (χ0) is 17.2. The van der Waals surface area contributed by atoms with Gasteiger partial charge in [-0.3, -0.25) is 9.36 Å². The fourth-order valence-corrected chi connectivity index (χ4v) is 3.00. The van der Waals surface area contributed by atoms with Gasteiger partial charge in [0.2, 0.25) is 0 Å². The number of hydrogen-bond donors (Lipinski definition) is 0. The molecule has 2 heterocycles. The minimum absolute atomic E-state index is 0.0483. The van der Waals surface area contributed by atoms with Crippen molar-refractivity contribution in [2.24, 2.45) is 0 Å². The van der Waals surface area contributed by atoms with Gasteiger partial charge in [-0.25, -0.2) is 9.67 Å². The summed E-state index contributed by atoms with van der Waals surface area (Å²) in [5, 5.41) is 4.93. The molecule has 0 amide bonds. The van der Waals surface area contributed by atoms with Crippen LogP contribution in [0.25, 0.3) is 16.7 Å². The van der Waals surface area contributed by atoms with Gasteiger partial charge in [-0.2, -0.15) is 5.10 Å². The Kier molecular flexibility index (Phi) is 3.90. The predicted octanol–water partition coefficient (Wildman–Crippen LogP) is 3.19. The van der Waals surface area contributed by atoms with E-state index in [9.17, 15) is 4.79 Å². The van der Waals surface area contributed by atoms with Gasteiger partial charge in [0.1, 0.15) is 11.2 Å². The van der Waals surface area contributed by atoms with Gasteiger partial charge in [0.25, 0.3) is 5.56 Å². The zero-order valence-corrected chi connectivity index (χ0v) is 14.0. The first kappa shape index (κ1) is 15.3. The third-order valence-electron chi connectivity index (χ3n) is 4.27. The Morgan fingerprint density at radius 1 is 0.960 bits per heavy atom. The maximum absolute atomic E-state index is 13.0. The Labute approximate surface area is 145 Å². The Bertz CT molecular complexity index is 1070. The van der Waals surface area contributed by atoms with E-state index in [2.05, 4.69) is 5.10 Å². The van der Waals surface area contributed by atoms with Crippen molar-refractivity contribution in [2.75, 3.05) is 0 Å². The van der Waals surface area contributed by atoms with E-state index in [4.69, 9.17) is 4.98 Å². The van der Waals surface area contributed by atoms with Crippen molar-refractivity contribution < 1.29 is 0 Å². The molecule has 0 unspecified atom stereocenters. The molecule has 0 fully saturated rings. The molecule has 0 radical (unpaired) electrons. The first-order valence-corrected chi connectivity index (χ1v) is 8.34. The third-order valence-corrected chi connectivity index (χ3v) is 4.27. The second-order valence-electron chi connectivity index (χ2n) is 5.89. The number of aromatic nitrogens is 4. The van der Waals surface area contributed by atoms with Crippen LogP contribution in [0.15, 0.2) is 71.7 Å². The minimum Gasteiger partial charge on any atom is -0.291 e. The first-order chi connectivity index (χ1) is 12.3. The molecule has 0 aliphatic carbocycles. The molecule has 0 saturated heterocycles. The van der Waals surface area contributed by atoms with Crippen LogP contribution in [-0.2, 0) is 13.0 Å². The minimum atomic E-state index is -0.0483. The molecule has 2 aromatic heterocycles. The first-order valence-electron chi connectivity index (χ1n) is 8.34. The highest BCUT2D eigenvalue weighted by Gasteiger charge is 2.15. The second kappa shape index (κ2) is 6.36. The molecule has 5 nitrogen and oxygen atoms in total. The van der Waals surface area contributed by atoms with Crippen LogP contribution in [0.5, 0.6) is 0 Å². The van der Waals surface area contributed by atoms with E-state index < -0.39 is 0 Å². The Hall–Kier alpha value is -3.21. The largest absolute Gasteiger partial charge is 0.291 e. The van der Waals surface area contributed by atoms with Crippen molar-refractivity contribution in [3.05, 3.63) is 88.6 Å². The summed E-state index contributed by atoms with van der Waals surface area (Å²) in [4.78, 5) is 17.8. The summed E-state index contributed by atoms with van der Waals surface area (Å²) in [5.74, 6) is 0.763. The third kappa shape index (κ3) is 2.74. The lowest BCUT2D eigenvalue weighted by Gasteiger charge is -2.12. The number of aryl methyl sites for hydroxylation is 1. The molecule has 4 aromatic rings. The molecule has 0 spiro atoms. The van der Waals surface area contributed by atoms with Gasteiger partial charge in [0, 0.05) is 6.42 Å². The fourth-order valence-electron chi connectivity index (χ4n) is 3.00. The number of para-hydroxylation sites is 1. The van der Waals surface area contributed by atoms with Crippen LogP contribution in [0.1, 0.15) is 18.3 Å². The molecule has 0 N–H and O–H groups in total. The number of hydrogen-bond acceptors (Lipinski definition) is 3. The lowest BCUT2D eigenvalue weighted by atomic mass is 10.2. The molecule has 25 heavy (non-hydrogen) atoms. The van der Waals surface area contributed by atoms with Gasteiger partial charge in [-0.15, -0.1) is 0 Å². The molecule has 0 atom stereocenters. The average molecular weight is 330 g/mol. The van der Waals surface area contributed by atoms with Gasteiger partial charge < -0.3 is 0 Å². The molecule has 5 heteroatoms. The monoisotopic (exact) mass is 330 g/mol. The van der Waals surface area contributed by atoms with Crippen LogP contribution >= 0.6 is 0 Å². The summed E-state index contributed by atoms with van der Waals surface area (Å²) in [6, 6.07) is 19.7. The highest BCUT2D eigenvalue weighted by molar-refractivity contribution is 5.75. The fraction of sp³-hybridized carbons (Fsp3) is 0.150. The molecule has 124 valence electrons. The van der Waals surface area contributed by atoms with Crippen molar-refractivity contribution in [1.82, 2.24) is 19.3 Å². The summed E-state index contributed by atoms with van der Waals surface area (Å²) in [6.07, 6.45) is 2.29. The van der Waals surface area contributed by atoms with Crippen molar-refractivity contribution in [3.63, 3.8) is 0 Å². The number of nitrogens with zero attached hydrogens (tertiary/aromatic N) is 4. The standard InChI is InChI=1S/C20H18N4O/c1-2-18-22-19-17(13-21-24(19)16-11-7-4-8-12-16)20(25)23(18)14-15-9-5-3-6-10-15/h3-13H,2,14H2,1H3. The van der Waals surface area contributed by atoms with Gasteiger partial charge in [0.15, 0.2) is 5.65 Å². The van der Waals surface area contributed by atoms with E-state index in [1.807, 2.05) is 67.6 Å². The molecule has 0 aliphatic rings. The number of fused-ring (bicyclic) bond motifs is 1. The quantitative estimate of drug-likeness (QED) is 0.577. The molecule has 4 rings (SSSR count). The van der Waals surface area contributed by atoms with E-state index in [0.29, 0.717) is 24.0 Å². The Morgan fingerprint density at radius 3 is 2.32 bits per heavy atom.